The zero-order valence-electron chi connectivity index (χ0n) is 15.1. The SMILES string of the molecule is C=C(CC/C=C(\C)CC(=O)C=C(C)C)[C@@H](O)CC/C(C)=C/CO. The minimum absolute atomic E-state index is 0.0401. The van der Waals surface area contributed by atoms with Crippen LogP contribution in [0, 0.1) is 0 Å². The number of carbonyl (C=O) groups is 1. The van der Waals surface area contributed by atoms with Gasteiger partial charge in [-0.25, -0.2) is 0 Å². The van der Waals surface area contributed by atoms with E-state index in [0.29, 0.717) is 12.8 Å². The highest BCUT2D eigenvalue weighted by Gasteiger charge is 2.08. The Hall–Kier alpha value is -1.45. The fourth-order valence-electron chi connectivity index (χ4n) is 2.22. The smallest absolute Gasteiger partial charge is 0.159 e. The molecule has 0 unspecified atom stereocenters. The summed E-state index contributed by atoms with van der Waals surface area (Å²) in [6.07, 6.45) is 8.30. The van der Waals surface area contributed by atoms with Crippen molar-refractivity contribution in [1.82, 2.24) is 0 Å². The lowest BCUT2D eigenvalue weighted by Gasteiger charge is -2.13. The van der Waals surface area contributed by atoms with Gasteiger partial charge in [0.2, 0.25) is 0 Å². The van der Waals surface area contributed by atoms with Crippen LogP contribution >= 0.6 is 0 Å². The van der Waals surface area contributed by atoms with Crippen LogP contribution in [0.5, 0.6) is 0 Å². The number of allylic oxidation sites excluding steroid dienone is 5. The molecule has 0 saturated heterocycles. The standard InChI is InChI=1S/C20H32O3/c1-15(2)13-19(22)14-17(4)7-6-8-18(5)20(23)10-9-16(3)11-12-21/h7,11,13,20-21,23H,5-6,8-10,12,14H2,1-4H3/b16-11+,17-7+/t20-/m0/s1. The Morgan fingerprint density at radius 1 is 1.09 bits per heavy atom. The first-order chi connectivity index (χ1) is 10.8. The van der Waals surface area contributed by atoms with Crippen molar-refractivity contribution in [1.29, 1.82) is 0 Å². The van der Waals surface area contributed by atoms with Crippen molar-refractivity contribution in [3.63, 3.8) is 0 Å². The van der Waals surface area contributed by atoms with Gasteiger partial charge in [0, 0.05) is 6.42 Å². The molecule has 0 aliphatic carbocycles. The first-order valence-electron chi connectivity index (χ1n) is 8.21. The predicted molar refractivity (Wildman–Crippen MR) is 97.3 cm³/mol. The van der Waals surface area contributed by atoms with Gasteiger partial charge in [-0.2, -0.15) is 0 Å². The highest BCUT2D eigenvalue weighted by molar-refractivity contribution is 5.91. The van der Waals surface area contributed by atoms with Gasteiger partial charge in [-0.05, 0) is 65.0 Å². The van der Waals surface area contributed by atoms with E-state index in [4.69, 9.17) is 5.11 Å². The fourth-order valence-corrected chi connectivity index (χ4v) is 2.22. The lowest BCUT2D eigenvalue weighted by molar-refractivity contribution is -0.114. The molecular formula is C20H32O3. The number of hydrogen-bond acceptors (Lipinski definition) is 3. The Morgan fingerprint density at radius 2 is 1.74 bits per heavy atom. The van der Waals surface area contributed by atoms with Crippen LogP contribution in [0.25, 0.3) is 0 Å². The Bertz CT molecular complexity index is 477. The molecule has 0 radical (unpaired) electrons. The van der Waals surface area contributed by atoms with E-state index >= 15 is 0 Å². The second kappa shape index (κ2) is 12.0. The molecule has 1 atom stereocenters. The molecule has 3 heteroatoms. The van der Waals surface area contributed by atoms with Crippen LogP contribution in [0.2, 0.25) is 0 Å². The van der Waals surface area contributed by atoms with Crippen molar-refractivity contribution >= 4 is 5.78 Å². The molecular weight excluding hydrogens is 288 g/mol. The van der Waals surface area contributed by atoms with Gasteiger partial charge >= 0.3 is 0 Å². The summed E-state index contributed by atoms with van der Waals surface area (Å²) in [5, 5.41) is 18.9. The first kappa shape index (κ1) is 21.6. The second-order valence-corrected chi connectivity index (χ2v) is 6.40. The zero-order valence-corrected chi connectivity index (χ0v) is 15.1. The lowest BCUT2D eigenvalue weighted by atomic mass is 9.98. The van der Waals surface area contributed by atoms with Crippen LogP contribution < -0.4 is 0 Å². The monoisotopic (exact) mass is 320 g/mol. The summed E-state index contributed by atoms with van der Waals surface area (Å²) < 4.78 is 0. The molecule has 0 aliphatic rings. The van der Waals surface area contributed by atoms with Gasteiger partial charge in [0.25, 0.3) is 0 Å². The van der Waals surface area contributed by atoms with Gasteiger partial charge in [0.1, 0.15) is 0 Å². The molecule has 0 aromatic rings. The Labute approximate surface area is 141 Å². The molecule has 3 nitrogen and oxygen atoms in total. The largest absolute Gasteiger partial charge is 0.392 e. The van der Waals surface area contributed by atoms with Crippen LogP contribution in [0.1, 0.15) is 59.8 Å². The Balaban J connectivity index is 4.17. The number of carbonyl (C=O) groups excluding carboxylic acids is 1. The molecule has 130 valence electrons. The number of rotatable bonds is 11. The number of ketones is 1. The molecule has 0 fully saturated rings. The van der Waals surface area contributed by atoms with Crippen molar-refractivity contribution in [2.45, 2.75) is 65.9 Å². The first-order valence-corrected chi connectivity index (χ1v) is 8.21. The van der Waals surface area contributed by atoms with Crippen molar-refractivity contribution < 1.29 is 15.0 Å². The minimum atomic E-state index is -0.516. The molecule has 0 aliphatic heterocycles. The maximum absolute atomic E-state index is 11.7. The Kier molecular flexibility index (Phi) is 11.3. The molecule has 0 aromatic carbocycles. The summed E-state index contributed by atoms with van der Waals surface area (Å²) in [7, 11) is 0. The summed E-state index contributed by atoms with van der Waals surface area (Å²) in [5.41, 5.74) is 3.97. The number of aliphatic hydroxyl groups excluding tert-OH is 2. The van der Waals surface area contributed by atoms with Gasteiger partial charge < -0.3 is 10.2 Å². The van der Waals surface area contributed by atoms with E-state index < -0.39 is 6.10 Å². The van der Waals surface area contributed by atoms with Gasteiger partial charge in [-0.1, -0.05) is 35.5 Å². The van der Waals surface area contributed by atoms with E-state index in [9.17, 15) is 9.90 Å². The van der Waals surface area contributed by atoms with E-state index in [1.807, 2.05) is 33.8 Å². The zero-order chi connectivity index (χ0) is 17.8. The molecule has 0 bridgehead atoms. The average Bonchev–Trinajstić information content (AvgIpc) is 2.43. The maximum Gasteiger partial charge on any atom is 0.159 e. The molecule has 2 N–H and O–H groups in total. The topological polar surface area (TPSA) is 57.5 Å². The van der Waals surface area contributed by atoms with Crippen LogP contribution in [0.3, 0.4) is 0 Å². The normalized spacial score (nSPS) is 13.7. The van der Waals surface area contributed by atoms with Gasteiger partial charge in [0.05, 0.1) is 12.7 Å². The van der Waals surface area contributed by atoms with Gasteiger partial charge in [0.15, 0.2) is 5.78 Å². The summed E-state index contributed by atoms with van der Waals surface area (Å²) in [4.78, 5) is 11.7. The van der Waals surface area contributed by atoms with E-state index in [2.05, 4.69) is 6.58 Å². The van der Waals surface area contributed by atoms with Gasteiger partial charge in [-0.15, -0.1) is 0 Å². The van der Waals surface area contributed by atoms with Crippen molar-refractivity contribution in [2.24, 2.45) is 0 Å². The van der Waals surface area contributed by atoms with E-state index in [-0.39, 0.29) is 12.4 Å². The molecule has 23 heavy (non-hydrogen) atoms. The molecule has 0 aromatic heterocycles. The predicted octanol–water partition coefficient (Wildman–Crippen LogP) is 4.27. The summed E-state index contributed by atoms with van der Waals surface area (Å²) >= 11 is 0. The highest BCUT2D eigenvalue weighted by Crippen LogP contribution is 2.17. The lowest BCUT2D eigenvalue weighted by Crippen LogP contribution is -2.09. The highest BCUT2D eigenvalue weighted by atomic mass is 16.3. The molecule has 0 amide bonds. The van der Waals surface area contributed by atoms with E-state index in [0.717, 1.165) is 41.6 Å². The number of aliphatic hydroxyl groups is 2. The van der Waals surface area contributed by atoms with Crippen LogP contribution in [0.4, 0.5) is 0 Å². The molecule has 0 spiro atoms. The number of hydrogen-bond donors (Lipinski definition) is 2. The third-order valence-corrected chi connectivity index (χ3v) is 3.58. The second-order valence-electron chi connectivity index (χ2n) is 6.40. The van der Waals surface area contributed by atoms with Crippen molar-refractivity contribution in [3.8, 4) is 0 Å². The molecule has 0 heterocycles. The van der Waals surface area contributed by atoms with Crippen molar-refractivity contribution in [3.05, 3.63) is 47.1 Å². The van der Waals surface area contributed by atoms with Gasteiger partial charge in [-0.3, -0.25) is 4.79 Å². The molecule has 0 saturated carbocycles. The van der Waals surface area contributed by atoms with Crippen molar-refractivity contribution in [2.75, 3.05) is 6.61 Å². The fraction of sp³-hybridized carbons (Fsp3) is 0.550. The minimum Gasteiger partial charge on any atom is -0.392 e. The summed E-state index contributed by atoms with van der Waals surface area (Å²) in [6.45, 7) is 11.7. The Morgan fingerprint density at radius 3 is 2.30 bits per heavy atom. The summed E-state index contributed by atoms with van der Waals surface area (Å²) in [6, 6.07) is 0. The maximum atomic E-state index is 11.7. The summed E-state index contributed by atoms with van der Waals surface area (Å²) in [5.74, 6) is 0.128. The van der Waals surface area contributed by atoms with Crippen LogP contribution in [-0.4, -0.2) is 28.7 Å². The quantitative estimate of drug-likeness (QED) is 0.441. The van der Waals surface area contributed by atoms with E-state index in [1.54, 1.807) is 12.2 Å². The third-order valence-electron chi connectivity index (χ3n) is 3.58. The third kappa shape index (κ3) is 11.7. The average molecular weight is 320 g/mol. The van der Waals surface area contributed by atoms with Crippen LogP contribution in [-0.2, 0) is 4.79 Å². The molecule has 0 rings (SSSR count). The van der Waals surface area contributed by atoms with Crippen LogP contribution in [0.15, 0.2) is 47.1 Å². The van der Waals surface area contributed by atoms with E-state index in [1.165, 1.54) is 0 Å².